The molecule has 1 aliphatic rings. The van der Waals surface area contributed by atoms with Gasteiger partial charge in [-0.15, -0.1) is 0 Å². The van der Waals surface area contributed by atoms with Gasteiger partial charge in [-0.05, 0) is 43.9 Å². The van der Waals surface area contributed by atoms with Crippen LogP contribution >= 0.6 is 11.6 Å². The van der Waals surface area contributed by atoms with Crippen molar-refractivity contribution < 1.29 is 13.7 Å². The zero-order valence-electron chi connectivity index (χ0n) is 15.6. The van der Waals surface area contributed by atoms with E-state index in [0.29, 0.717) is 11.3 Å². The zero-order valence-corrected chi connectivity index (χ0v) is 17.1. The number of hydrogen-bond acceptors (Lipinski definition) is 3. The van der Waals surface area contributed by atoms with Crippen LogP contribution in [0, 0.1) is 6.92 Å². The van der Waals surface area contributed by atoms with Gasteiger partial charge in [-0.2, -0.15) is 4.31 Å². The number of halogens is 1. The van der Waals surface area contributed by atoms with Crippen LogP contribution in [-0.4, -0.2) is 32.6 Å². The summed E-state index contributed by atoms with van der Waals surface area (Å²) in [6.07, 6.45) is 3.55. The number of carbonyl (C=O) groups excluding carboxylic acids is 1. The van der Waals surface area contributed by atoms with E-state index in [2.05, 4.69) is 12.1 Å². The number of nitrogens with zero attached hydrogens (tertiary/aromatic N) is 1. The first-order valence-electron chi connectivity index (χ1n) is 9.07. The van der Waals surface area contributed by atoms with E-state index >= 15 is 0 Å². The molecule has 0 N–H and O–H groups in total. The molecule has 1 aliphatic heterocycles. The number of hydrogen-bond donors (Lipinski definition) is 0. The smallest absolute Gasteiger partial charge is 0.344 e. The first kappa shape index (κ1) is 20.1. The Bertz CT molecular complexity index is 812. The fraction of sp³-hybridized carbons (Fsp3) is 0.381. The molecule has 4 atom stereocenters. The highest BCUT2D eigenvalue weighted by atomic mass is 35.5. The third-order valence-electron chi connectivity index (χ3n) is 4.89. The van der Waals surface area contributed by atoms with Crippen LogP contribution in [0.3, 0.4) is 0 Å². The molecule has 0 amide bonds. The van der Waals surface area contributed by atoms with Crippen molar-refractivity contribution in [3.05, 3.63) is 65.7 Å². The van der Waals surface area contributed by atoms with Crippen molar-refractivity contribution in [3.8, 4) is 0 Å². The number of unbranched alkanes of at least 4 members (excludes halogenated alkanes) is 1. The number of carbonyl (C=O) groups is 1. The Morgan fingerprint density at radius 1 is 1.15 bits per heavy atom. The van der Waals surface area contributed by atoms with Crippen LogP contribution < -0.4 is 0 Å². The van der Waals surface area contributed by atoms with Crippen molar-refractivity contribution in [3.63, 3.8) is 0 Å². The Morgan fingerprint density at radius 3 is 2.44 bits per heavy atom. The summed E-state index contributed by atoms with van der Waals surface area (Å²) in [6.45, 7) is 1.97. The van der Waals surface area contributed by atoms with Gasteiger partial charge in [0.05, 0.1) is 18.0 Å². The largest absolute Gasteiger partial charge is 0.467 e. The Morgan fingerprint density at radius 2 is 1.81 bits per heavy atom. The minimum atomic E-state index is -1.49. The van der Waals surface area contributed by atoms with Crippen LogP contribution in [0.25, 0.3) is 0 Å². The highest BCUT2D eigenvalue weighted by Gasteiger charge is 2.70. The molecule has 2 aromatic carbocycles. The van der Waals surface area contributed by atoms with E-state index in [-0.39, 0.29) is 6.04 Å². The molecule has 2 aromatic rings. The van der Waals surface area contributed by atoms with E-state index in [4.69, 9.17) is 16.3 Å². The average molecular weight is 406 g/mol. The maximum absolute atomic E-state index is 13.0. The summed E-state index contributed by atoms with van der Waals surface area (Å²) in [6, 6.07) is 17.4. The van der Waals surface area contributed by atoms with E-state index in [1.54, 1.807) is 4.31 Å². The van der Waals surface area contributed by atoms with E-state index in [1.807, 2.05) is 49.4 Å². The molecule has 0 spiro atoms. The second-order valence-electron chi connectivity index (χ2n) is 6.80. The second-order valence-corrected chi connectivity index (χ2v) is 8.74. The summed E-state index contributed by atoms with van der Waals surface area (Å²) >= 11 is 6.56. The van der Waals surface area contributed by atoms with Gasteiger partial charge < -0.3 is 4.74 Å². The van der Waals surface area contributed by atoms with Gasteiger partial charge >= 0.3 is 5.97 Å². The fourth-order valence-electron chi connectivity index (χ4n) is 3.29. The molecule has 0 saturated carbocycles. The standard InChI is InChI=1S/C21H24ClNO3S/c1-16-12-14-18(15-13-16)27(25)23-19(21(23,22)20(24)26-2)11-7-6-10-17-8-4-3-5-9-17/h3-5,8-9,12-15,19H,6-7,10-11H2,1-2H3/t19-,21-,23?,27-/m0/s1. The van der Waals surface area contributed by atoms with Crippen LogP contribution in [0.1, 0.15) is 30.4 Å². The second kappa shape index (κ2) is 8.55. The molecule has 144 valence electrons. The van der Waals surface area contributed by atoms with E-state index in [9.17, 15) is 9.00 Å². The molecule has 1 fully saturated rings. The Balaban J connectivity index is 1.64. The van der Waals surface area contributed by atoms with Gasteiger partial charge in [-0.1, -0.05) is 66.0 Å². The van der Waals surface area contributed by atoms with Crippen molar-refractivity contribution >= 4 is 28.6 Å². The predicted octanol–water partition coefficient (Wildman–Crippen LogP) is 4.22. The van der Waals surface area contributed by atoms with Gasteiger partial charge in [0, 0.05) is 0 Å². The van der Waals surface area contributed by atoms with E-state index < -0.39 is 22.0 Å². The van der Waals surface area contributed by atoms with Crippen LogP contribution in [-0.2, 0) is 26.9 Å². The van der Waals surface area contributed by atoms with Crippen LogP contribution in [0.2, 0.25) is 0 Å². The SMILES string of the molecule is COC(=O)[C@]1(Cl)[C@H](CCCCc2ccccc2)N1[S@@](=O)c1ccc(C)cc1. The number of ether oxygens (including phenoxy) is 1. The number of rotatable bonds is 8. The quantitative estimate of drug-likeness (QED) is 0.217. The minimum absolute atomic E-state index is 0.287. The van der Waals surface area contributed by atoms with Gasteiger partial charge in [-0.25, -0.2) is 9.00 Å². The van der Waals surface area contributed by atoms with Crippen molar-refractivity contribution in [2.75, 3.05) is 7.11 Å². The fourth-order valence-corrected chi connectivity index (χ4v) is 5.36. The molecular formula is C21H24ClNO3S. The number of benzene rings is 2. The Hall–Kier alpha value is -1.69. The Kier molecular flexibility index (Phi) is 6.35. The van der Waals surface area contributed by atoms with Crippen molar-refractivity contribution in [2.24, 2.45) is 0 Å². The number of esters is 1. The van der Waals surface area contributed by atoms with Crippen molar-refractivity contribution in [2.45, 2.75) is 48.5 Å². The van der Waals surface area contributed by atoms with Gasteiger partial charge in [0.2, 0.25) is 5.00 Å². The molecule has 1 saturated heterocycles. The summed E-state index contributed by atoms with van der Waals surface area (Å²) in [4.78, 5) is 11.5. The van der Waals surface area contributed by atoms with Crippen LogP contribution in [0.15, 0.2) is 59.5 Å². The normalized spacial score (nSPS) is 25.0. The van der Waals surface area contributed by atoms with Gasteiger partial charge in [0.25, 0.3) is 0 Å². The highest BCUT2D eigenvalue weighted by molar-refractivity contribution is 7.83. The maximum Gasteiger partial charge on any atom is 0.344 e. The molecule has 1 unspecified atom stereocenters. The lowest BCUT2D eigenvalue weighted by atomic mass is 10.1. The van der Waals surface area contributed by atoms with E-state index in [0.717, 1.165) is 24.8 Å². The lowest BCUT2D eigenvalue weighted by Gasteiger charge is -2.07. The monoisotopic (exact) mass is 405 g/mol. The molecule has 0 bridgehead atoms. The van der Waals surface area contributed by atoms with E-state index in [1.165, 1.54) is 12.7 Å². The van der Waals surface area contributed by atoms with Crippen molar-refractivity contribution in [1.29, 1.82) is 0 Å². The van der Waals surface area contributed by atoms with Gasteiger partial charge in [-0.3, -0.25) is 0 Å². The summed E-state index contributed by atoms with van der Waals surface area (Å²) in [7, 11) is -0.185. The number of aryl methyl sites for hydroxylation is 2. The molecular weight excluding hydrogens is 382 g/mol. The minimum Gasteiger partial charge on any atom is -0.467 e. The van der Waals surface area contributed by atoms with Gasteiger partial charge in [0.1, 0.15) is 11.0 Å². The van der Waals surface area contributed by atoms with Gasteiger partial charge in [0.15, 0.2) is 0 Å². The maximum atomic E-state index is 13.0. The molecule has 3 rings (SSSR count). The summed E-state index contributed by atoms with van der Waals surface area (Å²) in [5.41, 5.74) is 2.38. The third-order valence-corrected chi connectivity index (χ3v) is 7.15. The molecule has 0 aromatic heterocycles. The summed E-state index contributed by atoms with van der Waals surface area (Å²) < 4.78 is 19.4. The average Bonchev–Trinajstić information content (AvgIpc) is 3.30. The Labute approximate surface area is 168 Å². The lowest BCUT2D eigenvalue weighted by molar-refractivity contribution is -0.141. The molecule has 0 aliphatic carbocycles. The first-order chi connectivity index (χ1) is 13.0. The summed E-state index contributed by atoms with van der Waals surface area (Å²) in [5.74, 6) is -0.544. The molecule has 27 heavy (non-hydrogen) atoms. The molecule has 0 radical (unpaired) electrons. The zero-order chi connectivity index (χ0) is 19.4. The number of alkyl halides is 1. The first-order valence-corrected chi connectivity index (χ1v) is 10.6. The van der Waals surface area contributed by atoms with Crippen molar-refractivity contribution in [1.82, 2.24) is 4.31 Å². The third kappa shape index (κ3) is 4.26. The number of methoxy groups -OCH3 is 1. The molecule has 1 heterocycles. The van der Waals surface area contributed by atoms with Crippen LogP contribution in [0.4, 0.5) is 0 Å². The predicted molar refractivity (Wildman–Crippen MR) is 108 cm³/mol. The topological polar surface area (TPSA) is 46.4 Å². The molecule has 6 heteroatoms. The molecule has 4 nitrogen and oxygen atoms in total. The van der Waals surface area contributed by atoms with Crippen LogP contribution in [0.5, 0.6) is 0 Å². The lowest BCUT2D eigenvalue weighted by Crippen LogP contribution is -2.26. The summed E-state index contributed by atoms with van der Waals surface area (Å²) in [5, 5.41) is 0. The highest BCUT2D eigenvalue weighted by Crippen LogP contribution is 2.51.